The lowest BCUT2D eigenvalue weighted by Crippen LogP contribution is -2.14. The van der Waals surface area contributed by atoms with Crippen LogP contribution in [0.5, 0.6) is 0 Å². The molecule has 0 aliphatic carbocycles. The summed E-state index contributed by atoms with van der Waals surface area (Å²) in [4.78, 5) is 21.7. The lowest BCUT2D eigenvalue weighted by molar-refractivity contribution is 0.102. The largest absolute Gasteiger partial charge is 0.321 e. The fourth-order valence-electron chi connectivity index (χ4n) is 2.36. The summed E-state index contributed by atoms with van der Waals surface area (Å²) in [6.07, 6.45) is 3.93. The SMILES string of the molecule is O=C(Nc1ccc(-c2cn3ccsc3n2)cc1)c1nc(Cl)ccc1Cl. The van der Waals surface area contributed by atoms with Gasteiger partial charge in [0.25, 0.3) is 5.91 Å². The number of anilines is 1. The van der Waals surface area contributed by atoms with Crippen LogP contribution >= 0.6 is 34.5 Å². The number of hydrogen-bond donors (Lipinski definition) is 1. The van der Waals surface area contributed by atoms with Crippen LogP contribution in [0, 0.1) is 0 Å². The number of aromatic nitrogens is 3. The fraction of sp³-hybridized carbons (Fsp3) is 0. The number of pyridine rings is 1. The molecule has 5 nitrogen and oxygen atoms in total. The summed E-state index contributed by atoms with van der Waals surface area (Å²) in [7, 11) is 0. The molecule has 4 aromatic rings. The van der Waals surface area contributed by atoms with Crippen molar-refractivity contribution in [3.8, 4) is 11.3 Å². The van der Waals surface area contributed by atoms with E-state index in [1.807, 2.05) is 34.3 Å². The Morgan fingerprint density at radius 2 is 1.88 bits per heavy atom. The molecule has 0 spiro atoms. The Labute approximate surface area is 156 Å². The Hall–Kier alpha value is -2.41. The first-order valence-corrected chi connectivity index (χ1v) is 8.90. The third-order valence-corrected chi connectivity index (χ3v) is 4.85. The average molecular weight is 389 g/mol. The molecule has 124 valence electrons. The zero-order valence-corrected chi connectivity index (χ0v) is 14.9. The molecule has 25 heavy (non-hydrogen) atoms. The minimum atomic E-state index is -0.414. The molecule has 0 atom stereocenters. The van der Waals surface area contributed by atoms with Gasteiger partial charge in [0.1, 0.15) is 10.8 Å². The Kier molecular flexibility index (Phi) is 4.17. The molecular weight excluding hydrogens is 379 g/mol. The van der Waals surface area contributed by atoms with Crippen LogP contribution < -0.4 is 5.32 Å². The number of hydrogen-bond acceptors (Lipinski definition) is 4. The van der Waals surface area contributed by atoms with E-state index >= 15 is 0 Å². The number of amides is 1. The highest BCUT2D eigenvalue weighted by Crippen LogP contribution is 2.24. The van der Waals surface area contributed by atoms with Gasteiger partial charge in [-0.3, -0.25) is 9.20 Å². The zero-order valence-electron chi connectivity index (χ0n) is 12.6. The molecule has 3 aromatic heterocycles. The molecule has 0 radical (unpaired) electrons. The molecule has 0 aliphatic heterocycles. The third kappa shape index (κ3) is 3.24. The van der Waals surface area contributed by atoms with E-state index in [-0.39, 0.29) is 15.9 Å². The van der Waals surface area contributed by atoms with E-state index in [1.165, 1.54) is 6.07 Å². The van der Waals surface area contributed by atoms with Crippen molar-refractivity contribution in [2.75, 3.05) is 5.32 Å². The quantitative estimate of drug-likeness (QED) is 0.501. The van der Waals surface area contributed by atoms with Gasteiger partial charge in [-0.15, -0.1) is 11.3 Å². The summed E-state index contributed by atoms with van der Waals surface area (Å²) < 4.78 is 1.97. The van der Waals surface area contributed by atoms with E-state index < -0.39 is 5.91 Å². The van der Waals surface area contributed by atoms with E-state index in [2.05, 4.69) is 15.3 Å². The predicted molar refractivity (Wildman–Crippen MR) is 101 cm³/mol. The molecule has 1 amide bonds. The van der Waals surface area contributed by atoms with E-state index in [0.717, 1.165) is 16.2 Å². The summed E-state index contributed by atoms with van der Waals surface area (Å²) in [5, 5.41) is 5.20. The number of fused-ring (bicyclic) bond motifs is 1. The van der Waals surface area contributed by atoms with Gasteiger partial charge in [0.2, 0.25) is 0 Å². The molecule has 4 rings (SSSR count). The first kappa shape index (κ1) is 16.1. The van der Waals surface area contributed by atoms with Gasteiger partial charge in [-0.2, -0.15) is 0 Å². The van der Waals surface area contributed by atoms with Crippen LogP contribution in [0.15, 0.2) is 54.2 Å². The molecule has 0 fully saturated rings. The Bertz CT molecular complexity index is 1040. The fourth-order valence-corrected chi connectivity index (χ4v) is 3.40. The third-order valence-electron chi connectivity index (χ3n) is 3.56. The monoisotopic (exact) mass is 388 g/mol. The van der Waals surface area contributed by atoms with Crippen molar-refractivity contribution in [2.24, 2.45) is 0 Å². The molecular formula is C17H10Cl2N4OS. The van der Waals surface area contributed by atoms with Gasteiger partial charge >= 0.3 is 0 Å². The van der Waals surface area contributed by atoms with Gasteiger partial charge in [0, 0.05) is 29.0 Å². The summed E-state index contributed by atoms with van der Waals surface area (Å²) in [6, 6.07) is 10.5. The Morgan fingerprint density at radius 3 is 2.64 bits per heavy atom. The van der Waals surface area contributed by atoms with E-state index in [1.54, 1.807) is 29.5 Å². The molecule has 1 aromatic carbocycles. The molecule has 1 N–H and O–H groups in total. The van der Waals surface area contributed by atoms with Crippen molar-refractivity contribution in [2.45, 2.75) is 0 Å². The second-order valence-corrected chi connectivity index (χ2v) is 6.88. The van der Waals surface area contributed by atoms with Crippen molar-refractivity contribution in [1.82, 2.24) is 14.4 Å². The van der Waals surface area contributed by atoms with Gasteiger partial charge < -0.3 is 5.32 Å². The zero-order chi connectivity index (χ0) is 17.4. The first-order chi connectivity index (χ1) is 12.1. The summed E-state index contributed by atoms with van der Waals surface area (Å²) >= 11 is 13.4. The van der Waals surface area contributed by atoms with E-state index in [4.69, 9.17) is 23.2 Å². The normalized spacial score (nSPS) is 11.0. The smallest absolute Gasteiger partial charge is 0.275 e. The maximum atomic E-state index is 12.3. The number of nitrogens with one attached hydrogen (secondary N) is 1. The highest BCUT2D eigenvalue weighted by molar-refractivity contribution is 7.15. The predicted octanol–water partition coefficient (Wildman–Crippen LogP) is 5.02. The van der Waals surface area contributed by atoms with Gasteiger partial charge in [0.05, 0.1) is 10.7 Å². The lowest BCUT2D eigenvalue weighted by atomic mass is 10.1. The number of carbonyl (C=O) groups is 1. The summed E-state index contributed by atoms with van der Waals surface area (Å²) in [5.41, 5.74) is 2.57. The average Bonchev–Trinajstić information content (AvgIpc) is 3.19. The highest BCUT2D eigenvalue weighted by Gasteiger charge is 2.13. The summed E-state index contributed by atoms with van der Waals surface area (Å²) in [5.74, 6) is -0.414. The molecule has 0 bridgehead atoms. The minimum absolute atomic E-state index is 0.0904. The van der Waals surface area contributed by atoms with Crippen molar-refractivity contribution < 1.29 is 4.79 Å². The van der Waals surface area contributed by atoms with Crippen molar-refractivity contribution >= 4 is 51.1 Å². The Balaban J connectivity index is 1.55. The number of nitrogens with zero attached hydrogens (tertiary/aromatic N) is 3. The molecule has 0 saturated carbocycles. The van der Waals surface area contributed by atoms with Gasteiger partial charge in [-0.05, 0) is 24.3 Å². The first-order valence-electron chi connectivity index (χ1n) is 7.26. The van der Waals surface area contributed by atoms with Crippen LogP contribution in [0.4, 0.5) is 5.69 Å². The molecule has 8 heteroatoms. The topological polar surface area (TPSA) is 59.3 Å². The lowest BCUT2D eigenvalue weighted by Gasteiger charge is -2.07. The number of rotatable bonds is 3. The highest BCUT2D eigenvalue weighted by atomic mass is 35.5. The van der Waals surface area contributed by atoms with Crippen LogP contribution in [-0.4, -0.2) is 20.3 Å². The molecule has 0 unspecified atom stereocenters. The molecule has 0 saturated heterocycles. The second kappa shape index (κ2) is 6.48. The Morgan fingerprint density at radius 1 is 1.08 bits per heavy atom. The number of carbonyl (C=O) groups excluding carboxylic acids is 1. The van der Waals surface area contributed by atoms with E-state index in [9.17, 15) is 4.79 Å². The molecule has 0 aliphatic rings. The van der Waals surface area contributed by atoms with Crippen LogP contribution in [-0.2, 0) is 0 Å². The number of imidazole rings is 1. The van der Waals surface area contributed by atoms with Crippen LogP contribution in [0.25, 0.3) is 16.2 Å². The van der Waals surface area contributed by atoms with Gasteiger partial charge in [-0.25, -0.2) is 9.97 Å². The standard InChI is InChI=1S/C17H10Cl2N4OS/c18-12-5-6-14(19)22-15(12)16(24)20-11-3-1-10(2-4-11)13-9-23-7-8-25-17(23)21-13/h1-9H,(H,20,24). The van der Waals surface area contributed by atoms with Crippen LogP contribution in [0.2, 0.25) is 10.2 Å². The minimum Gasteiger partial charge on any atom is -0.321 e. The van der Waals surface area contributed by atoms with Gasteiger partial charge in [-0.1, -0.05) is 35.3 Å². The van der Waals surface area contributed by atoms with Crippen molar-refractivity contribution in [3.05, 3.63) is 70.0 Å². The van der Waals surface area contributed by atoms with Crippen molar-refractivity contribution in [1.29, 1.82) is 0 Å². The number of benzene rings is 1. The van der Waals surface area contributed by atoms with Crippen molar-refractivity contribution in [3.63, 3.8) is 0 Å². The molecule has 3 heterocycles. The maximum Gasteiger partial charge on any atom is 0.275 e. The van der Waals surface area contributed by atoms with Crippen LogP contribution in [0.1, 0.15) is 10.5 Å². The number of thiazole rings is 1. The summed E-state index contributed by atoms with van der Waals surface area (Å²) in [6.45, 7) is 0. The van der Waals surface area contributed by atoms with E-state index in [0.29, 0.717) is 5.69 Å². The van der Waals surface area contributed by atoms with Crippen LogP contribution in [0.3, 0.4) is 0 Å². The number of halogens is 2. The van der Waals surface area contributed by atoms with Gasteiger partial charge in [0.15, 0.2) is 4.96 Å². The maximum absolute atomic E-state index is 12.3. The second-order valence-electron chi connectivity index (χ2n) is 5.21.